The lowest BCUT2D eigenvalue weighted by atomic mass is 10.2. The predicted molar refractivity (Wildman–Crippen MR) is 50.8 cm³/mol. The fourth-order valence-electron chi connectivity index (χ4n) is 1.50. The van der Waals surface area contributed by atoms with Gasteiger partial charge in [0.05, 0.1) is 19.0 Å². The van der Waals surface area contributed by atoms with Crippen molar-refractivity contribution >= 4 is 27.8 Å². The van der Waals surface area contributed by atoms with E-state index < -0.39 is 18.2 Å². The molecule has 6 heteroatoms. The van der Waals surface area contributed by atoms with Crippen molar-refractivity contribution < 1.29 is 18.7 Å². The molecule has 0 saturated carbocycles. The van der Waals surface area contributed by atoms with Gasteiger partial charge < -0.3 is 9.64 Å². The van der Waals surface area contributed by atoms with Gasteiger partial charge in [0.2, 0.25) is 5.91 Å². The molecule has 0 aromatic rings. The molecule has 1 amide bonds. The molecule has 0 radical (unpaired) electrons. The predicted octanol–water partition coefficient (Wildman–Crippen LogP) is 0.493. The van der Waals surface area contributed by atoms with E-state index in [2.05, 4.69) is 20.7 Å². The highest BCUT2D eigenvalue weighted by atomic mass is 79.9. The zero-order valence-electron chi connectivity index (χ0n) is 7.70. The van der Waals surface area contributed by atoms with E-state index in [-0.39, 0.29) is 24.2 Å². The standard InChI is InChI=1S/C8H11BrFNO3/c1-14-8(13)6-2-5(10)4-11(6)7(12)3-9/h5-6H,2-4H2,1H3/t5-,6+/m1/s1. The lowest BCUT2D eigenvalue weighted by Gasteiger charge is -2.20. The van der Waals surface area contributed by atoms with Crippen LogP contribution in [0.25, 0.3) is 0 Å². The van der Waals surface area contributed by atoms with Gasteiger partial charge in [0, 0.05) is 6.42 Å². The van der Waals surface area contributed by atoms with Gasteiger partial charge in [-0.3, -0.25) is 4.79 Å². The molecule has 1 aliphatic heterocycles. The molecule has 1 aliphatic rings. The second-order valence-electron chi connectivity index (χ2n) is 3.05. The molecule has 0 spiro atoms. The minimum Gasteiger partial charge on any atom is -0.467 e. The number of halogens is 2. The lowest BCUT2D eigenvalue weighted by Crippen LogP contribution is -2.41. The van der Waals surface area contributed by atoms with Gasteiger partial charge in [-0.25, -0.2) is 9.18 Å². The number of alkyl halides is 2. The molecule has 2 atom stereocenters. The minimum atomic E-state index is -1.14. The molecule has 14 heavy (non-hydrogen) atoms. The van der Waals surface area contributed by atoms with E-state index in [9.17, 15) is 14.0 Å². The third-order valence-electron chi connectivity index (χ3n) is 2.16. The van der Waals surface area contributed by atoms with Crippen molar-refractivity contribution in [1.82, 2.24) is 4.90 Å². The second kappa shape index (κ2) is 4.72. The van der Waals surface area contributed by atoms with E-state index in [1.165, 1.54) is 12.0 Å². The average molecular weight is 268 g/mol. The quantitative estimate of drug-likeness (QED) is 0.541. The van der Waals surface area contributed by atoms with Crippen molar-refractivity contribution in [3.05, 3.63) is 0 Å². The van der Waals surface area contributed by atoms with Gasteiger partial charge >= 0.3 is 5.97 Å². The van der Waals surface area contributed by atoms with Crippen LogP contribution in [-0.2, 0) is 14.3 Å². The van der Waals surface area contributed by atoms with Gasteiger partial charge in [0.15, 0.2) is 0 Å². The SMILES string of the molecule is COC(=O)[C@@H]1C[C@@H](F)CN1C(=O)CBr. The molecule has 0 aromatic heterocycles. The number of ether oxygens (including phenoxy) is 1. The monoisotopic (exact) mass is 267 g/mol. The van der Waals surface area contributed by atoms with E-state index in [1.807, 2.05) is 0 Å². The average Bonchev–Trinajstić information content (AvgIpc) is 2.58. The number of amides is 1. The van der Waals surface area contributed by atoms with Crippen LogP contribution in [-0.4, -0.2) is 48.0 Å². The van der Waals surface area contributed by atoms with Crippen molar-refractivity contribution in [1.29, 1.82) is 0 Å². The molecule has 0 aliphatic carbocycles. The van der Waals surface area contributed by atoms with Crippen LogP contribution in [0.2, 0.25) is 0 Å². The van der Waals surface area contributed by atoms with Crippen LogP contribution in [0.3, 0.4) is 0 Å². The Balaban J connectivity index is 2.72. The Morgan fingerprint density at radius 2 is 2.29 bits per heavy atom. The van der Waals surface area contributed by atoms with E-state index in [4.69, 9.17) is 0 Å². The Kier molecular flexibility index (Phi) is 3.86. The summed E-state index contributed by atoms with van der Waals surface area (Å²) in [6.07, 6.45) is -1.10. The van der Waals surface area contributed by atoms with Gasteiger partial charge in [-0.15, -0.1) is 0 Å². The molecule has 1 heterocycles. The molecular formula is C8H11BrFNO3. The number of esters is 1. The van der Waals surface area contributed by atoms with Crippen LogP contribution in [0.1, 0.15) is 6.42 Å². The largest absolute Gasteiger partial charge is 0.467 e. The van der Waals surface area contributed by atoms with Gasteiger partial charge in [-0.2, -0.15) is 0 Å². The third-order valence-corrected chi connectivity index (χ3v) is 2.64. The van der Waals surface area contributed by atoms with E-state index in [0.29, 0.717) is 0 Å². The first-order chi connectivity index (χ1) is 6.60. The maximum Gasteiger partial charge on any atom is 0.328 e. The number of hydrogen-bond donors (Lipinski definition) is 0. The fraction of sp³-hybridized carbons (Fsp3) is 0.750. The minimum absolute atomic E-state index is 0.0236. The Hall–Kier alpha value is -0.650. The van der Waals surface area contributed by atoms with Crippen LogP contribution in [0, 0.1) is 0 Å². The smallest absolute Gasteiger partial charge is 0.328 e. The summed E-state index contributed by atoms with van der Waals surface area (Å²) in [6, 6.07) is -0.764. The molecule has 0 aromatic carbocycles. The normalized spacial score (nSPS) is 26.4. The van der Waals surface area contributed by atoms with Crippen molar-refractivity contribution in [2.45, 2.75) is 18.6 Å². The summed E-state index contributed by atoms with van der Waals surface area (Å²) in [5, 5.41) is 0.0905. The molecule has 0 bridgehead atoms. The van der Waals surface area contributed by atoms with Crippen molar-refractivity contribution in [2.24, 2.45) is 0 Å². The summed E-state index contributed by atoms with van der Waals surface area (Å²) in [6.45, 7) is -0.0236. The molecule has 1 fully saturated rings. The highest BCUT2D eigenvalue weighted by molar-refractivity contribution is 9.09. The Labute approximate surface area is 89.5 Å². The Bertz CT molecular complexity index is 225. The van der Waals surface area contributed by atoms with Crippen molar-refractivity contribution in [2.75, 3.05) is 19.0 Å². The maximum absolute atomic E-state index is 13.0. The van der Waals surface area contributed by atoms with Gasteiger partial charge in [0.25, 0.3) is 0 Å². The summed E-state index contributed by atoms with van der Waals surface area (Å²) in [5.41, 5.74) is 0. The summed E-state index contributed by atoms with van der Waals surface area (Å²) < 4.78 is 17.5. The Morgan fingerprint density at radius 3 is 2.79 bits per heavy atom. The number of carbonyl (C=O) groups excluding carboxylic acids is 2. The highest BCUT2D eigenvalue weighted by Crippen LogP contribution is 2.21. The maximum atomic E-state index is 13.0. The second-order valence-corrected chi connectivity index (χ2v) is 3.61. The summed E-state index contributed by atoms with van der Waals surface area (Å²) in [4.78, 5) is 23.7. The number of carbonyl (C=O) groups is 2. The third kappa shape index (κ3) is 2.23. The molecule has 0 unspecified atom stereocenters. The molecule has 4 nitrogen and oxygen atoms in total. The summed E-state index contributed by atoms with van der Waals surface area (Å²) >= 11 is 2.98. The van der Waals surface area contributed by atoms with Crippen LogP contribution in [0.4, 0.5) is 4.39 Å². The molecule has 1 saturated heterocycles. The van der Waals surface area contributed by atoms with Gasteiger partial charge in [-0.1, -0.05) is 15.9 Å². The summed E-state index contributed by atoms with van der Waals surface area (Å²) in [5.74, 6) is -0.847. The van der Waals surface area contributed by atoms with Crippen molar-refractivity contribution in [3.63, 3.8) is 0 Å². The van der Waals surface area contributed by atoms with Gasteiger partial charge in [0.1, 0.15) is 12.2 Å². The number of methoxy groups -OCH3 is 1. The molecular weight excluding hydrogens is 257 g/mol. The zero-order chi connectivity index (χ0) is 10.7. The molecule has 0 N–H and O–H groups in total. The highest BCUT2D eigenvalue weighted by Gasteiger charge is 2.39. The van der Waals surface area contributed by atoms with E-state index >= 15 is 0 Å². The van der Waals surface area contributed by atoms with Crippen LogP contribution in [0.5, 0.6) is 0 Å². The first-order valence-electron chi connectivity index (χ1n) is 4.17. The molecule has 80 valence electrons. The number of nitrogens with zero attached hydrogens (tertiary/aromatic N) is 1. The first-order valence-corrected chi connectivity index (χ1v) is 5.29. The zero-order valence-corrected chi connectivity index (χ0v) is 9.29. The summed E-state index contributed by atoms with van der Waals surface area (Å²) in [7, 11) is 1.23. The topological polar surface area (TPSA) is 46.6 Å². The van der Waals surface area contributed by atoms with E-state index in [0.717, 1.165) is 0 Å². The number of rotatable bonds is 2. The fourth-order valence-corrected chi connectivity index (χ4v) is 1.82. The van der Waals surface area contributed by atoms with Gasteiger partial charge in [-0.05, 0) is 0 Å². The lowest BCUT2D eigenvalue weighted by molar-refractivity contribution is -0.150. The van der Waals surface area contributed by atoms with Crippen LogP contribution >= 0.6 is 15.9 Å². The van der Waals surface area contributed by atoms with Crippen LogP contribution in [0.15, 0.2) is 0 Å². The molecule has 1 rings (SSSR count). The number of likely N-dealkylation sites (tertiary alicyclic amines) is 1. The van der Waals surface area contributed by atoms with Crippen LogP contribution < -0.4 is 0 Å². The van der Waals surface area contributed by atoms with E-state index in [1.54, 1.807) is 0 Å². The first kappa shape index (κ1) is 11.4. The Morgan fingerprint density at radius 1 is 1.64 bits per heavy atom. The van der Waals surface area contributed by atoms with Crippen molar-refractivity contribution in [3.8, 4) is 0 Å². The number of hydrogen-bond acceptors (Lipinski definition) is 3.